The summed E-state index contributed by atoms with van der Waals surface area (Å²) < 4.78 is 30.0. The van der Waals surface area contributed by atoms with Crippen LogP contribution in [0, 0.1) is 0 Å². The van der Waals surface area contributed by atoms with E-state index in [0.29, 0.717) is 61.6 Å². The Hall–Kier alpha value is -5.81. The average molecular weight is 662 g/mol. The summed E-state index contributed by atoms with van der Waals surface area (Å²) in [5.74, 6) is 2.80. The van der Waals surface area contributed by atoms with Gasteiger partial charge in [-0.15, -0.1) is 0 Å². The topological polar surface area (TPSA) is 110 Å². The van der Waals surface area contributed by atoms with Gasteiger partial charge in [0.25, 0.3) is 11.5 Å². The SMILES string of the molecule is COc1ccc([C@@H]2C(C(=O)Nc3ccccc3)=C(C)N=c3s/c(=C/c4ccc(OCc5ccc6c(c5)OCO6)c(OC)c4)c(=O)n32)cc1. The summed E-state index contributed by atoms with van der Waals surface area (Å²) in [5, 5.41) is 2.97. The number of thiazole rings is 1. The highest BCUT2D eigenvalue weighted by Crippen LogP contribution is 2.35. The Morgan fingerprint density at radius 3 is 2.52 bits per heavy atom. The number of methoxy groups -OCH3 is 2. The van der Waals surface area contributed by atoms with Crippen LogP contribution < -0.4 is 43.9 Å². The lowest BCUT2D eigenvalue weighted by Gasteiger charge is -2.25. The summed E-state index contributed by atoms with van der Waals surface area (Å²) in [6.07, 6.45) is 1.79. The van der Waals surface area contributed by atoms with Gasteiger partial charge in [-0.2, -0.15) is 0 Å². The van der Waals surface area contributed by atoms with Gasteiger partial charge in [0.2, 0.25) is 6.79 Å². The number of fused-ring (bicyclic) bond motifs is 2. The number of anilines is 1. The summed E-state index contributed by atoms with van der Waals surface area (Å²) in [6.45, 7) is 2.30. The molecule has 242 valence electrons. The second-order valence-electron chi connectivity index (χ2n) is 11.1. The maximum atomic E-state index is 14.1. The second-order valence-corrected chi connectivity index (χ2v) is 12.1. The minimum atomic E-state index is -0.709. The van der Waals surface area contributed by atoms with Crippen molar-refractivity contribution in [2.45, 2.75) is 19.6 Å². The molecule has 7 rings (SSSR count). The first-order valence-electron chi connectivity index (χ1n) is 15.1. The van der Waals surface area contributed by atoms with Crippen LogP contribution in [0.3, 0.4) is 0 Å². The van der Waals surface area contributed by atoms with Crippen LogP contribution in [-0.2, 0) is 11.4 Å². The van der Waals surface area contributed by atoms with Gasteiger partial charge in [-0.05, 0) is 78.2 Å². The predicted molar refractivity (Wildman–Crippen MR) is 182 cm³/mol. The molecule has 1 aromatic heterocycles. The highest BCUT2D eigenvalue weighted by molar-refractivity contribution is 7.07. The quantitative estimate of drug-likeness (QED) is 0.231. The summed E-state index contributed by atoms with van der Waals surface area (Å²) in [6, 6.07) is 27.0. The fourth-order valence-corrected chi connectivity index (χ4v) is 6.72. The Morgan fingerprint density at radius 2 is 1.75 bits per heavy atom. The number of hydrogen-bond acceptors (Lipinski definition) is 9. The lowest BCUT2D eigenvalue weighted by atomic mass is 9.95. The van der Waals surface area contributed by atoms with Crippen molar-refractivity contribution in [1.82, 2.24) is 4.57 Å². The molecule has 0 bridgehead atoms. The standard InChI is InChI=1S/C37H31N3O7S/c1-22-33(35(41)39-26-7-5-4-6-8-26)34(25-11-13-27(43-2)14-12-25)40-36(42)32(48-37(40)38-22)19-23-9-15-28(30(17-23)44-3)45-20-24-10-16-29-31(18-24)47-21-46-29/h4-19,34H,20-21H2,1-3H3,(H,39,41)/b32-19+/t34-/m1/s1. The summed E-state index contributed by atoms with van der Waals surface area (Å²) in [4.78, 5) is 33.2. The summed E-state index contributed by atoms with van der Waals surface area (Å²) in [5.41, 5.74) is 3.71. The van der Waals surface area contributed by atoms with E-state index < -0.39 is 6.04 Å². The number of ether oxygens (including phenoxy) is 5. The van der Waals surface area contributed by atoms with Gasteiger partial charge < -0.3 is 29.0 Å². The molecule has 0 spiro atoms. The number of benzene rings is 4. The molecule has 1 N–H and O–H groups in total. The molecule has 5 aromatic rings. The fourth-order valence-electron chi connectivity index (χ4n) is 5.67. The van der Waals surface area contributed by atoms with Crippen molar-refractivity contribution in [3.63, 3.8) is 0 Å². The van der Waals surface area contributed by atoms with E-state index in [2.05, 4.69) is 5.32 Å². The van der Waals surface area contributed by atoms with Crippen molar-refractivity contribution >= 4 is 29.0 Å². The Balaban J connectivity index is 1.22. The first-order valence-corrected chi connectivity index (χ1v) is 16.0. The third-order valence-electron chi connectivity index (χ3n) is 8.05. The molecule has 0 saturated carbocycles. The maximum absolute atomic E-state index is 14.1. The van der Waals surface area contributed by atoms with Crippen molar-refractivity contribution < 1.29 is 28.5 Å². The molecule has 10 nitrogen and oxygen atoms in total. The van der Waals surface area contributed by atoms with Crippen LogP contribution in [0.15, 0.2) is 112 Å². The number of para-hydroxylation sites is 1. The molecular weight excluding hydrogens is 630 g/mol. The van der Waals surface area contributed by atoms with Gasteiger partial charge in [0, 0.05) is 5.69 Å². The van der Waals surface area contributed by atoms with Crippen LogP contribution in [0.2, 0.25) is 0 Å². The van der Waals surface area contributed by atoms with Crippen LogP contribution in [0.1, 0.15) is 29.7 Å². The van der Waals surface area contributed by atoms with E-state index in [1.165, 1.54) is 11.3 Å². The highest BCUT2D eigenvalue weighted by Gasteiger charge is 2.32. The normalized spacial score (nSPS) is 15.1. The van der Waals surface area contributed by atoms with Crippen molar-refractivity contribution in [3.05, 3.63) is 139 Å². The van der Waals surface area contributed by atoms with Crippen LogP contribution in [0.25, 0.3) is 6.08 Å². The zero-order valence-electron chi connectivity index (χ0n) is 26.4. The number of nitrogens with one attached hydrogen (secondary N) is 1. The number of carbonyl (C=O) groups is 1. The van der Waals surface area contributed by atoms with Crippen molar-refractivity contribution in [3.8, 4) is 28.7 Å². The number of aromatic nitrogens is 1. The minimum Gasteiger partial charge on any atom is -0.497 e. The van der Waals surface area contributed by atoms with E-state index in [0.717, 1.165) is 16.7 Å². The third-order valence-corrected chi connectivity index (χ3v) is 9.03. The van der Waals surface area contributed by atoms with E-state index in [-0.39, 0.29) is 18.3 Å². The molecular formula is C37H31N3O7S. The van der Waals surface area contributed by atoms with E-state index in [9.17, 15) is 9.59 Å². The molecule has 0 fully saturated rings. The van der Waals surface area contributed by atoms with Gasteiger partial charge in [-0.1, -0.05) is 53.8 Å². The van der Waals surface area contributed by atoms with E-state index >= 15 is 0 Å². The first kappa shape index (κ1) is 30.8. The smallest absolute Gasteiger partial charge is 0.271 e. The molecule has 1 amide bonds. The van der Waals surface area contributed by atoms with Crippen molar-refractivity contribution in [2.24, 2.45) is 4.99 Å². The lowest BCUT2D eigenvalue weighted by molar-refractivity contribution is -0.113. The Bertz CT molecular complexity index is 2220. The number of rotatable bonds is 9. The number of amides is 1. The third kappa shape index (κ3) is 6.03. The molecule has 1 atom stereocenters. The second kappa shape index (κ2) is 13.1. The van der Waals surface area contributed by atoms with Crippen LogP contribution in [0.5, 0.6) is 28.7 Å². The molecule has 0 radical (unpaired) electrons. The first-order chi connectivity index (χ1) is 23.4. The van der Waals surface area contributed by atoms with Crippen LogP contribution in [0.4, 0.5) is 5.69 Å². The minimum absolute atomic E-state index is 0.208. The monoisotopic (exact) mass is 661 g/mol. The molecule has 48 heavy (non-hydrogen) atoms. The molecule has 2 aliphatic heterocycles. The molecule has 4 aromatic carbocycles. The molecule has 3 heterocycles. The Morgan fingerprint density at radius 1 is 0.958 bits per heavy atom. The maximum Gasteiger partial charge on any atom is 0.271 e. The molecule has 11 heteroatoms. The summed E-state index contributed by atoms with van der Waals surface area (Å²) >= 11 is 1.26. The lowest BCUT2D eigenvalue weighted by Crippen LogP contribution is -2.40. The Labute approximate surface area is 279 Å². The number of hydrogen-bond donors (Lipinski definition) is 1. The van der Waals surface area contributed by atoms with Crippen molar-refractivity contribution in [2.75, 3.05) is 26.3 Å². The van der Waals surface area contributed by atoms with Crippen molar-refractivity contribution in [1.29, 1.82) is 0 Å². The zero-order chi connectivity index (χ0) is 33.2. The largest absolute Gasteiger partial charge is 0.497 e. The van der Waals surface area contributed by atoms with Gasteiger partial charge >= 0.3 is 0 Å². The zero-order valence-corrected chi connectivity index (χ0v) is 27.2. The van der Waals surface area contributed by atoms with Crippen LogP contribution >= 0.6 is 11.3 Å². The number of nitrogens with zero attached hydrogens (tertiary/aromatic N) is 2. The summed E-state index contributed by atoms with van der Waals surface area (Å²) in [7, 11) is 3.16. The van der Waals surface area contributed by atoms with Gasteiger partial charge in [0.05, 0.1) is 36.1 Å². The highest BCUT2D eigenvalue weighted by atomic mass is 32.1. The molecule has 2 aliphatic rings. The van der Waals surface area contributed by atoms with Gasteiger partial charge in [0.1, 0.15) is 12.4 Å². The molecule has 0 aliphatic carbocycles. The van der Waals surface area contributed by atoms with E-state index in [1.807, 2.05) is 91.0 Å². The number of allylic oxidation sites excluding steroid dienone is 1. The van der Waals surface area contributed by atoms with E-state index in [4.69, 9.17) is 28.7 Å². The van der Waals surface area contributed by atoms with Crippen LogP contribution in [-0.4, -0.2) is 31.5 Å². The van der Waals surface area contributed by atoms with Gasteiger partial charge in [0.15, 0.2) is 27.8 Å². The molecule has 0 unspecified atom stereocenters. The number of carbonyl (C=O) groups excluding carboxylic acids is 1. The van der Waals surface area contributed by atoms with Gasteiger partial charge in [-0.3, -0.25) is 14.2 Å². The Kier molecular flexibility index (Phi) is 8.43. The average Bonchev–Trinajstić information content (AvgIpc) is 3.70. The fraction of sp³-hybridized carbons (Fsp3) is 0.162. The molecule has 0 saturated heterocycles. The van der Waals surface area contributed by atoms with Gasteiger partial charge in [-0.25, -0.2) is 4.99 Å². The van der Waals surface area contributed by atoms with E-state index in [1.54, 1.807) is 31.8 Å². The predicted octanol–water partition coefficient (Wildman–Crippen LogP) is 5.20.